The number of halogens is 1. The summed E-state index contributed by atoms with van der Waals surface area (Å²) < 4.78 is 14.8. The van der Waals surface area contributed by atoms with Gasteiger partial charge in [-0.1, -0.05) is 0 Å². The molecule has 0 radical (unpaired) electrons. The van der Waals surface area contributed by atoms with Gasteiger partial charge in [-0.2, -0.15) is 0 Å². The molecule has 0 amide bonds. The van der Waals surface area contributed by atoms with Gasteiger partial charge in [0, 0.05) is 0 Å². The van der Waals surface area contributed by atoms with E-state index >= 15 is 0 Å². The summed E-state index contributed by atoms with van der Waals surface area (Å²) in [4.78, 5) is 22.6. The topological polar surface area (TPSA) is 59.3 Å². The molecule has 4 nitrogen and oxygen atoms in total. The Kier molecular flexibility index (Phi) is 2.69. The maximum absolute atomic E-state index is 12.9. The molecule has 0 spiro atoms. The zero-order valence-electron chi connectivity index (χ0n) is 8.31. The summed E-state index contributed by atoms with van der Waals surface area (Å²) in [5, 5.41) is 9.25. The van der Waals surface area contributed by atoms with Gasteiger partial charge in [-0.15, -0.1) is 0 Å². The quantitative estimate of drug-likeness (QED) is 0.833. The minimum atomic E-state index is -1.05. The fourth-order valence-electron chi connectivity index (χ4n) is 1.37. The number of carboxylic acid groups (broad SMARTS) is 1. The summed E-state index contributed by atoms with van der Waals surface area (Å²) in [5.41, 5.74) is -0.329. The summed E-state index contributed by atoms with van der Waals surface area (Å²) in [5.74, 6) is -1.46. The SMILES string of the molecule is C[C@@H](C(=O)O)n1[se]c2cc(F)ccc2c1=O. The van der Waals surface area contributed by atoms with E-state index in [1.807, 2.05) is 0 Å². The van der Waals surface area contributed by atoms with E-state index in [0.29, 0.717) is 9.65 Å². The van der Waals surface area contributed by atoms with Gasteiger partial charge in [-0.25, -0.2) is 0 Å². The third kappa shape index (κ3) is 1.70. The van der Waals surface area contributed by atoms with E-state index in [1.54, 1.807) is 0 Å². The second-order valence-electron chi connectivity index (χ2n) is 3.38. The van der Waals surface area contributed by atoms with E-state index in [9.17, 15) is 14.0 Å². The molecule has 0 saturated carbocycles. The third-order valence-corrected chi connectivity index (χ3v) is 4.83. The number of fused-ring (bicyclic) bond motifs is 1. The van der Waals surface area contributed by atoms with Crippen molar-refractivity contribution in [2.24, 2.45) is 0 Å². The molecule has 16 heavy (non-hydrogen) atoms. The Labute approximate surface area is 95.9 Å². The Balaban J connectivity index is 2.69. The van der Waals surface area contributed by atoms with Gasteiger partial charge >= 0.3 is 95.5 Å². The summed E-state index contributed by atoms with van der Waals surface area (Å²) in [6, 6.07) is 3.04. The van der Waals surface area contributed by atoms with Gasteiger partial charge in [-0.05, 0) is 0 Å². The molecule has 1 atom stereocenters. The van der Waals surface area contributed by atoms with Crippen molar-refractivity contribution in [3.8, 4) is 0 Å². The first-order valence-corrected chi connectivity index (χ1v) is 6.17. The Hall–Kier alpha value is -1.39. The third-order valence-electron chi connectivity index (χ3n) is 2.28. The monoisotopic (exact) mass is 289 g/mol. The second kappa shape index (κ2) is 3.88. The van der Waals surface area contributed by atoms with Gasteiger partial charge in [0.1, 0.15) is 0 Å². The number of nitrogens with zero attached hydrogens (tertiary/aromatic N) is 1. The Morgan fingerprint density at radius 3 is 2.88 bits per heavy atom. The van der Waals surface area contributed by atoms with E-state index in [0.717, 1.165) is 0 Å². The first-order valence-electron chi connectivity index (χ1n) is 4.54. The van der Waals surface area contributed by atoms with Crippen LogP contribution in [0.5, 0.6) is 0 Å². The molecule has 0 aliphatic heterocycles. The van der Waals surface area contributed by atoms with Crippen LogP contribution in [-0.2, 0) is 4.79 Å². The predicted octanol–water partition coefficient (Wildman–Crippen LogP) is 0.843. The van der Waals surface area contributed by atoms with Crippen molar-refractivity contribution < 1.29 is 14.3 Å². The van der Waals surface area contributed by atoms with E-state index in [2.05, 4.69) is 0 Å². The molecule has 6 heteroatoms. The van der Waals surface area contributed by atoms with Crippen molar-refractivity contribution in [2.45, 2.75) is 13.0 Å². The summed E-state index contributed by atoms with van der Waals surface area (Å²) in [6.45, 7) is 1.45. The normalized spacial score (nSPS) is 12.9. The maximum atomic E-state index is 12.9. The van der Waals surface area contributed by atoms with E-state index in [4.69, 9.17) is 5.11 Å². The zero-order valence-corrected chi connectivity index (χ0v) is 10.0. The average molecular weight is 288 g/mol. The van der Waals surface area contributed by atoms with Crippen LogP contribution < -0.4 is 5.56 Å². The predicted molar refractivity (Wildman–Crippen MR) is 57.5 cm³/mol. The Morgan fingerprint density at radius 1 is 1.56 bits per heavy atom. The van der Waals surface area contributed by atoms with Crippen molar-refractivity contribution in [3.63, 3.8) is 0 Å². The molecule has 1 aromatic carbocycles. The van der Waals surface area contributed by atoms with Gasteiger partial charge in [-0.3, -0.25) is 0 Å². The van der Waals surface area contributed by atoms with Crippen LogP contribution in [0.15, 0.2) is 23.0 Å². The Bertz CT molecular complexity index is 616. The number of rotatable bonds is 2. The molecular formula is C10H8FNO3Se. The van der Waals surface area contributed by atoms with Crippen LogP contribution in [0.4, 0.5) is 4.39 Å². The number of carbonyl (C=O) groups is 1. The first kappa shape index (κ1) is 11.1. The van der Waals surface area contributed by atoms with E-state index < -0.39 is 32.6 Å². The second-order valence-corrected chi connectivity index (χ2v) is 5.51. The van der Waals surface area contributed by atoms with Gasteiger partial charge < -0.3 is 0 Å². The first-order chi connectivity index (χ1) is 7.50. The minimum absolute atomic E-state index is 0.329. The van der Waals surface area contributed by atoms with Crippen molar-refractivity contribution in [3.05, 3.63) is 34.4 Å². The van der Waals surface area contributed by atoms with E-state index in [-0.39, 0.29) is 5.56 Å². The number of aliphatic carboxylic acids is 1. The van der Waals surface area contributed by atoms with Gasteiger partial charge in [0.25, 0.3) is 0 Å². The number of benzene rings is 1. The van der Waals surface area contributed by atoms with Gasteiger partial charge in [0.05, 0.1) is 0 Å². The van der Waals surface area contributed by atoms with Crippen LogP contribution in [0.3, 0.4) is 0 Å². The molecule has 0 aliphatic carbocycles. The molecule has 0 saturated heterocycles. The summed E-state index contributed by atoms with van der Waals surface area (Å²) >= 11 is -0.452. The standard InChI is InChI=1S/C10H8FNO3Se/c1-5(10(14)15)12-9(13)7-3-2-6(11)4-8(7)16-12/h2-5H,1H3,(H,14,15)/t5-/m0/s1. The average Bonchev–Trinajstić information content (AvgIpc) is 2.54. The molecular weight excluding hydrogens is 280 g/mol. The van der Waals surface area contributed by atoms with Gasteiger partial charge in [0.2, 0.25) is 0 Å². The Morgan fingerprint density at radius 2 is 2.25 bits per heavy atom. The molecule has 2 aromatic rings. The van der Waals surface area contributed by atoms with Crippen LogP contribution in [-0.4, -0.2) is 29.4 Å². The zero-order chi connectivity index (χ0) is 11.9. The number of carboxylic acids is 1. The number of hydrogen-bond donors (Lipinski definition) is 1. The van der Waals surface area contributed by atoms with Crippen molar-refractivity contribution in [2.75, 3.05) is 0 Å². The fraction of sp³-hybridized carbons (Fsp3) is 0.200. The molecule has 1 aromatic heterocycles. The molecule has 0 bridgehead atoms. The molecule has 1 N–H and O–H groups in total. The molecule has 84 valence electrons. The number of aromatic nitrogens is 1. The van der Waals surface area contributed by atoms with Crippen LogP contribution in [0, 0.1) is 5.82 Å². The summed E-state index contributed by atoms with van der Waals surface area (Å²) in [6.07, 6.45) is 0. The van der Waals surface area contributed by atoms with Crippen LogP contribution in [0.2, 0.25) is 0 Å². The molecule has 1 heterocycles. The van der Waals surface area contributed by atoms with Crippen LogP contribution >= 0.6 is 0 Å². The molecule has 0 unspecified atom stereocenters. The molecule has 0 fully saturated rings. The van der Waals surface area contributed by atoms with E-state index in [1.165, 1.54) is 28.7 Å². The van der Waals surface area contributed by atoms with Crippen LogP contribution in [0.25, 0.3) is 9.65 Å². The van der Waals surface area contributed by atoms with Crippen molar-refractivity contribution in [1.29, 1.82) is 0 Å². The van der Waals surface area contributed by atoms with Crippen molar-refractivity contribution in [1.82, 2.24) is 3.56 Å². The molecule has 2 rings (SSSR count). The summed E-state index contributed by atoms with van der Waals surface area (Å²) in [7, 11) is 0. The van der Waals surface area contributed by atoms with Crippen LogP contribution in [0.1, 0.15) is 13.0 Å². The fourth-order valence-corrected chi connectivity index (χ4v) is 3.59. The number of hydrogen-bond acceptors (Lipinski definition) is 2. The van der Waals surface area contributed by atoms with Crippen molar-refractivity contribution >= 4 is 30.3 Å². The van der Waals surface area contributed by atoms with Gasteiger partial charge in [0.15, 0.2) is 0 Å². The molecule has 0 aliphatic rings.